The number of carbonyl (C=O) groups excluding carboxylic acids is 1. The van der Waals surface area contributed by atoms with Crippen LogP contribution in [0, 0.1) is 0 Å². The lowest BCUT2D eigenvalue weighted by molar-refractivity contribution is 0.0501. The molecule has 2 nitrogen and oxygen atoms in total. The maximum Gasteiger partial charge on any atom is 0.338 e. The molecule has 0 unspecified atom stereocenters. The van der Waals surface area contributed by atoms with E-state index in [1.165, 1.54) is 10.6 Å². The molecule has 0 bridgehead atoms. The number of rotatable bonds is 7. The Balaban J connectivity index is 2.04. The van der Waals surface area contributed by atoms with Gasteiger partial charge in [-0.1, -0.05) is 92.2 Å². The van der Waals surface area contributed by atoms with Crippen LogP contribution in [0.4, 0.5) is 0 Å². The number of carbonyl (C=O) groups is 1. The molecule has 0 radical (unpaired) electrons. The summed E-state index contributed by atoms with van der Waals surface area (Å²) in [6.45, 7) is 2.56. The van der Waals surface area contributed by atoms with Gasteiger partial charge in [-0.05, 0) is 36.3 Å². The molecule has 3 aromatic carbocycles. The zero-order valence-electron chi connectivity index (χ0n) is 15.0. The Morgan fingerprint density at radius 3 is 1.92 bits per heavy atom. The molecule has 0 aromatic heterocycles. The molecule has 0 amide bonds. The topological polar surface area (TPSA) is 26.3 Å². The van der Waals surface area contributed by atoms with Crippen LogP contribution in [0.3, 0.4) is 0 Å². The van der Waals surface area contributed by atoms with Gasteiger partial charge in [-0.2, -0.15) is 0 Å². The van der Waals surface area contributed by atoms with E-state index in [0.29, 0.717) is 12.2 Å². The van der Waals surface area contributed by atoms with Crippen LogP contribution in [0.15, 0.2) is 84.9 Å². The second-order valence-corrected chi connectivity index (χ2v) is 8.20. The van der Waals surface area contributed by atoms with E-state index in [0.717, 1.165) is 18.1 Å². The highest BCUT2D eigenvalue weighted by Gasteiger charge is 2.22. The molecular weight excluding hydrogens is 339 g/mol. The van der Waals surface area contributed by atoms with Gasteiger partial charge in [0.15, 0.2) is 0 Å². The van der Waals surface area contributed by atoms with Gasteiger partial charge in [0.1, 0.15) is 0 Å². The predicted molar refractivity (Wildman–Crippen MR) is 110 cm³/mol. The fourth-order valence-electron chi connectivity index (χ4n) is 2.81. The van der Waals surface area contributed by atoms with Gasteiger partial charge in [0.2, 0.25) is 0 Å². The van der Waals surface area contributed by atoms with E-state index >= 15 is 0 Å². The summed E-state index contributed by atoms with van der Waals surface area (Å²) in [5, 5.41) is 3.49. The molecule has 0 atom stereocenters. The molecule has 0 N–H and O–H groups in total. The summed E-state index contributed by atoms with van der Waals surface area (Å²) in [6.07, 6.45) is 1.90. The summed E-state index contributed by atoms with van der Waals surface area (Å²) >= 11 is 0. The molecule has 0 aliphatic heterocycles. The lowest BCUT2D eigenvalue weighted by Crippen LogP contribution is -2.26. The van der Waals surface area contributed by atoms with Crippen molar-refractivity contribution in [2.45, 2.75) is 19.8 Å². The summed E-state index contributed by atoms with van der Waals surface area (Å²) in [6, 6.07) is 28.6. The molecule has 0 spiro atoms. The molecule has 26 heavy (non-hydrogen) atoms. The maximum atomic E-state index is 12.7. The van der Waals surface area contributed by atoms with Crippen LogP contribution in [0.25, 0.3) is 0 Å². The lowest BCUT2D eigenvalue weighted by atomic mass is 10.2. The third-order valence-electron chi connectivity index (χ3n) is 4.12. The van der Waals surface area contributed by atoms with Gasteiger partial charge in [-0.25, -0.2) is 4.79 Å². The average molecular weight is 362 g/mol. The first-order chi connectivity index (χ1) is 12.8. The largest absolute Gasteiger partial charge is 0.462 e. The minimum absolute atomic E-state index is 0.228. The molecule has 3 heteroatoms. The number of unbranched alkanes of at least 4 members (excludes halogenated alkanes) is 1. The van der Waals surface area contributed by atoms with E-state index in [1.54, 1.807) is 0 Å². The van der Waals surface area contributed by atoms with E-state index in [9.17, 15) is 4.79 Å². The zero-order valence-corrected chi connectivity index (χ0v) is 15.9. The monoisotopic (exact) mass is 362 g/mol. The van der Waals surface area contributed by atoms with Crippen LogP contribution in [0.5, 0.6) is 0 Å². The van der Waals surface area contributed by atoms with Crippen molar-refractivity contribution in [2.75, 3.05) is 6.61 Å². The van der Waals surface area contributed by atoms with E-state index < -0.39 is 7.92 Å². The fourth-order valence-corrected chi connectivity index (χ4v) is 5.25. The molecule has 3 rings (SSSR count). The van der Waals surface area contributed by atoms with Crippen molar-refractivity contribution in [1.29, 1.82) is 0 Å². The van der Waals surface area contributed by atoms with Crippen LogP contribution < -0.4 is 15.9 Å². The molecule has 0 heterocycles. The lowest BCUT2D eigenvalue weighted by Gasteiger charge is -2.21. The summed E-state index contributed by atoms with van der Waals surface area (Å²) < 4.78 is 5.50. The molecule has 3 aromatic rings. The van der Waals surface area contributed by atoms with Crippen LogP contribution in [0.2, 0.25) is 0 Å². The molecule has 0 saturated carbocycles. The zero-order chi connectivity index (χ0) is 18.2. The van der Waals surface area contributed by atoms with E-state index in [4.69, 9.17) is 4.74 Å². The second-order valence-electron chi connectivity index (χ2n) is 6.01. The first-order valence-electron chi connectivity index (χ1n) is 8.97. The number of ether oxygens (including phenoxy) is 1. The first kappa shape index (κ1) is 18.4. The third kappa shape index (κ3) is 4.39. The van der Waals surface area contributed by atoms with Crippen molar-refractivity contribution in [2.24, 2.45) is 0 Å². The van der Waals surface area contributed by atoms with Crippen LogP contribution in [-0.4, -0.2) is 12.6 Å². The number of hydrogen-bond donors (Lipinski definition) is 0. The van der Waals surface area contributed by atoms with Crippen molar-refractivity contribution in [3.8, 4) is 0 Å². The summed E-state index contributed by atoms with van der Waals surface area (Å²) in [5.74, 6) is -0.228. The van der Waals surface area contributed by atoms with Crippen LogP contribution >= 0.6 is 7.92 Å². The molecule has 0 aliphatic carbocycles. The van der Waals surface area contributed by atoms with Crippen molar-refractivity contribution in [1.82, 2.24) is 0 Å². The van der Waals surface area contributed by atoms with Crippen molar-refractivity contribution in [3.63, 3.8) is 0 Å². The van der Waals surface area contributed by atoms with Gasteiger partial charge in [0, 0.05) is 0 Å². The van der Waals surface area contributed by atoms with Gasteiger partial charge in [-0.15, -0.1) is 0 Å². The van der Waals surface area contributed by atoms with Gasteiger partial charge < -0.3 is 4.74 Å². The molecule has 0 aliphatic rings. The highest BCUT2D eigenvalue weighted by atomic mass is 31.1. The fraction of sp³-hybridized carbons (Fsp3) is 0.174. The highest BCUT2D eigenvalue weighted by Crippen LogP contribution is 2.34. The summed E-state index contributed by atoms with van der Waals surface area (Å²) in [7, 11) is -0.819. The van der Waals surface area contributed by atoms with Gasteiger partial charge in [-0.3, -0.25) is 0 Å². The quantitative estimate of drug-likeness (QED) is 0.354. The molecule has 0 fully saturated rings. The SMILES string of the molecule is CCCCOC(=O)c1ccccc1P(c1ccccc1)c1ccccc1. The smallest absolute Gasteiger partial charge is 0.338 e. The summed E-state index contributed by atoms with van der Waals surface area (Å²) in [4.78, 5) is 12.7. The number of benzene rings is 3. The van der Waals surface area contributed by atoms with Gasteiger partial charge in [0.05, 0.1) is 12.2 Å². The van der Waals surface area contributed by atoms with Crippen LogP contribution in [-0.2, 0) is 4.74 Å². The Morgan fingerprint density at radius 1 is 0.808 bits per heavy atom. The maximum absolute atomic E-state index is 12.7. The van der Waals surface area contributed by atoms with Gasteiger partial charge in [0.25, 0.3) is 0 Å². The Labute approximate surface area is 156 Å². The van der Waals surface area contributed by atoms with Gasteiger partial charge >= 0.3 is 5.97 Å². The van der Waals surface area contributed by atoms with E-state index in [-0.39, 0.29) is 5.97 Å². The van der Waals surface area contributed by atoms with E-state index in [1.807, 2.05) is 30.3 Å². The molecule has 132 valence electrons. The van der Waals surface area contributed by atoms with Crippen molar-refractivity contribution >= 4 is 29.8 Å². The first-order valence-corrected chi connectivity index (χ1v) is 10.3. The second kappa shape index (κ2) is 9.31. The molecular formula is C23H23O2P. The normalized spacial score (nSPS) is 10.7. The Bertz CT molecular complexity index is 792. The minimum Gasteiger partial charge on any atom is -0.462 e. The van der Waals surface area contributed by atoms with E-state index in [2.05, 4.69) is 61.5 Å². The van der Waals surface area contributed by atoms with Crippen LogP contribution in [0.1, 0.15) is 30.1 Å². The standard InChI is InChI=1S/C23H23O2P/c1-2-3-18-25-23(24)21-16-10-11-17-22(21)26(19-12-6-4-7-13-19)20-14-8-5-9-15-20/h4-17H,2-3,18H2,1H3. The Kier molecular flexibility index (Phi) is 6.57. The Morgan fingerprint density at radius 2 is 1.35 bits per heavy atom. The minimum atomic E-state index is -0.819. The molecule has 0 saturated heterocycles. The highest BCUT2D eigenvalue weighted by molar-refractivity contribution is 7.80. The average Bonchev–Trinajstić information content (AvgIpc) is 2.70. The summed E-state index contributed by atoms with van der Waals surface area (Å²) in [5.41, 5.74) is 0.669. The number of esters is 1. The Hall–Kier alpha value is -2.44. The van der Waals surface area contributed by atoms with Crippen molar-refractivity contribution < 1.29 is 9.53 Å². The third-order valence-corrected chi connectivity index (χ3v) is 6.63. The number of hydrogen-bond acceptors (Lipinski definition) is 2. The van der Waals surface area contributed by atoms with Crippen molar-refractivity contribution in [3.05, 3.63) is 90.5 Å². The predicted octanol–water partition coefficient (Wildman–Crippen LogP) is 4.40.